The van der Waals surface area contributed by atoms with E-state index >= 15 is 0 Å². The van der Waals surface area contributed by atoms with Crippen molar-refractivity contribution in [2.75, 3.05) is 13.2 Å². The van der Waals surface area contributed by atoms with Gasteiger partial charge in [-0.25, -0.2) is 0 Å². The lowest BCUT2D eigenvalue weighted by atomic mass is 10.3. The number of hydrogen-bond donors (Lipinski definition) is 2. The van der Waals surface area contributed by atoms with Crippen LogP contribution in [0, 0.1) is 0 Å². The normalized spacial score (nSPS) is 19.6. The Kier molecular flexibility index (Phi) is 7.90. The van der Waals surface area contributed by atoms with E-state index in [0.717, 1.165) is 0 Å². The molecule has 0 radical (unpaired) electrons. The molecule has 0 aromatic heterocycles. The molecule has 15 heavy (non-hydrogen) atoms. The fraction of sp³-hybridized carbons (Fsp3) is 1.00. The van der Waals surface area contributed by atoms with Crippen molar-refractivity contribution in [3.05, 3.63) is 0 Å². The fourth-order valence-corrected chi connectivity index (χ4v) is 1.05. The molecule has 0 aliphatic carbocycles. The second-order valence-electron chi connectivity index (χ2n) is 3.26. The van der Waals surface area contributed by atoms with Gasteiger partial charge in [0.25, 0.3) is 0 Å². The summed E-state index contributed by atoms with van der Waals surface area (Å²) < 4.78 is 15.6. The van der Waals surface area contributed by atoms with Crippen LogP contribution in [-0.4, -0.2) is 48.2 Å². The van der Waals surface area contributed by atoms with Crippen LogP contribution in [0.5, 0.6) is 0 Å². The third-order valence-corrected chi connectivity index (χ3v) is 1.72. The molecule has 0 amide bonds. The molecule has 0 saturated heterocycles. The molecule has 0 rings (SSSR count). The van der Waals surface area contributed by atoms with E-state index in [4.69, 9.17) is 14.2 Å². The van der Waals surface area contributed by atoms with E-state index in [2.05, 4.69) is 0 Å². The second-order valence-corrected chi connectivity index (χ2v) is 3.26. The molecule has 0 bridgehead atoms. The van der Waals surface area contributed by atoms with Crippen LogP contribution in [0.4, 0.5) is 0 Å². The number of ether oxygens (including phenoxy) is 3. The quantitative estimate of drug-likeness (QED) is 0.585. The van der Waals surface area contributed by atoms with Gasteiger partial charge in [-0.05, 0) is 27.7 Å². The van der Waals surface area contributed by atoms with Crippen LogP contribution in [0.3, 0.4) is 0 Å². The van der Waals surface area contributed by atoms with Crippen molar-refractivity contribution in [1.82, 2.24) is 0 Å². The molecule has 0 spiro atoms. The summed E-state index contributed by atoms with van der Waals surface area (Å²) >= 11 is 0. The van der Waals surface area contributed by atoms with Crippen LogP contribution in [0.25, 0.3) is 0 Å². The summed E-state index contributed by atoms with van der Waals surface area (Å²) in [5, 5.41) is 18.7. The van der Waals surface area contributed by atoms with Gasteiger partial charge in [-0.3, -0.25) is 0 Å². The predicted molar refractivity (Wildman–Crippen MR) is 55.3 cm³/mol. The molecule has 4 atom stereocenters. The topological polar surface area (TPSA) is 68.2 Å². The van der Waals surface area contributed by atoms with Gasteiger partial charge in [0.15, 0.2) is 12.6 Å². The van der Waals surface area contributed by atoms with Crippen LogP contribution in [0.15, 0.2) is 0 Å². The summed E-state index contributed by atoms with van der Waals surface area (Å²) in [5.74, 6) is 0. The minimum atomic E-state index is -0.777. The van der Waals surface area contributed by atoms with Gasteiger partial charge in [0, 0.05) is 13.2 Å². The summed E-state index contributed by atoms with van der Waals surface area (Å²) in [6.07, 6.45) is -3.10. The standard InChI is InChI=1S/C10H22O5/c1-5-13-9(7(3)11)15-10(8(4)12)14-6-2/h7-12H,5-6H2,1-4H3. The maximum atomic E-state index is 9.35. The lowest BCUT2D eigenvalue weighted by molar-refractivity contribution is -0.288. The van der Waals surface area contributed by atoms with Crippen molar-refractivity contribution in [3.63, 3.8) is 0 Å². The highest BCUT2D eigenvalue weighted by atomic mass is 16.8. The van der Waals surface area contributed by atoms with Crippen molar-refractivity contribution in [3.8, 4) is 0 Å². The second kappa shape index (κ2) is 8.01. The molecular formula is C10H22O5. The maximum absolute atomic E-state index is 9.35. The van der Waals surface area contributed by atoms with Crippen LogP contribution in [-0.2, 0) is 14.2 Å². The third-order valence-electron chi connectivity index (χ3n) is 1.72. The van der Waals surface area contributed by atoms with Gasteiger partial charge in [-0.1, -0.05) is 0 Å². The van der Waals surface area contributed by atoms with Crippen molar-refractivity contribution in [1.29, 1.82) is 0 Å². The molecule has 4 unspecified atom stereocenters. The molecule has 92 valence electrons. The molecule has 0 fully saturated rings. The summed E-state index contributed by atoms with van der Waals surface area (Å²) in [6.45, 7) is 7.58. The highest BCUT2D eigenvalue weighted by Crippen LogP contribution is 2.10. The molecule has 2 N–H and O–H groups in total. The van der Waals surface area contributed by atoms with Gasteiger partial charge in [-0.2, -0.15) is 0 Å². The average molecular weight is 222 g/mol. The van der Waals surface area contributed by atoms with E-state index in [-0.39, 0.29) is 0 Å². The van der Waals surface area contributed by atoms with Crippen molar-refractivity contribution >= 4 is 0 Å². The first-order valence-corrected chi connectivity index (χ1v) is 5.27. The van der Waals surface area contributed by atoms with E-state index in [1.165, 1.54) is 0 Å². The van der Waals surface area contributed by atoms with Crippen LogP contribution < -0.4 is 0 Å². The molecular weight excluding hydrogens is 200 g/mol. The Hall–Kier alpha value is -0.200. The maximum Gasteiger partial charge on any atom is 0.186 e. The molecule has 0 aromatic carbocycles. The highest BCUT2D eigenvalue weighted by molar-refractivity contribution is 4.59. The number of aliphatic hydroxyl groups excluding tert-OH is 2. The van der Waals surface area contributed by atoms with Gasteiger partial charge in [0.05, 0.1) is 0 Å². The molecule has 0 aliphatic rings. The van der Waals surface area contributed by atoms with Crippen molar-refractivity contribution < 1.29 is 24.4 Å². The Morgan fingerprint density at radius 2 is 1.20 bits per heavy atom. The Morgan fingerprint density at radius 3 is 1.40 bits per heavy atom. The summed E-state index contributed by atoms with van der Waals surface area (Å²) in [5.41, 5.74) is 0. The Morgan fingerprint density at radius 1 is 0.867 bits per heavy atom. The average Bonchev–Trinajstić information content (AvgIpc) is 2.15. The Balaban J connectivity index is 4.19. The van der Waals surface area contributed by atoms with E-state index in [0.29, 0.717) is 13.2 Å². The third kappa shape index (κ3) is 6.06. The first kappa shape index (κ1) is 14.8. The largest absolute Gasteiger partial charge is 0.388 e. The molecule has 0 aromatic rings. The van der Waals surface area contributed by atoms with E-state index in [1.54, 1.807) is 27.7 Å². The summed E-state index contributed by atoms with van der Waals surface area (Å²) in [6, 6.07) is 0. The summed E-state index contributed by atoms with van der Waals surface area (Å²) in [4.78, 5) is 0. The van der Waals surface area contributed by atoms with Gasteiger partial charge >= 0.3 is 0 Å². The van der Waals surface area contributed by atoms with Crippen molar-refractivity contribution in [2.45, 2.75) is 52.5 Å². The zero-order chi connectivity index (χ0) is 11.8. The number of rotatable bonds is 8. The smallest absolute Gasteiger partial charge is 0.186 e. The van der Waals surface area contributed by atoms with Gasteiger partial charge < -0.3 is 24.4 Å². The zero-order valence-corrected chi connectivity index (χ0v) is 9.84. The van der Waals surface area contributed by atoms with Crippen LogP contribution in [0.2, 0.25) is 0 Å². The molecule has 0 saturated carbocycles. The molecule has 5 nitrogen and oxygen atoms in total. The number of aliphatic hydroxyl groups is 2. The lowest BCUT2D eigenvalue weighted by Crippen LogP contribution is -2.39. The van der Waals surface area contributed by atoms with Gasteiger partial charge in [-0.15, -0.1) is 0 Å². The SMILES string of the molecule is CCOC(OC(OCC)C(C)O)C(C)O. The lowest BCUT2D eigenvalue weighted by Gasteiger charge is -2.27. The Bertz CT molecular complexity index is 133. The number of hydrogen-bond acceptors (Lipinski definition) is 5. The van der Waals surface area contributed by atoms with Crippen LogP contribution >= 0.6 is 0 Å². The van der Waals surface area contributed by atoms with Crippen LogP contribution in [0.1, 0.15) is 27.7 Å². The van der Waals surface area contributed by atoms with E-state index in [9.17, 15) is 10.2 Å². The van der Waals surface area contributed by atoms with Gasteiger partial charge in [0.1, 0.15) is 12.2 Å². The molecule has 5 heteroatoms. The first-order chi connectivity index (χ1) is 7.02. The highest BCUT2D eigenvalue weighted by Gasteiger charge is 2.24. The first-order valence-electron chi connectivity index (χ1n) is 5.27. The monoisotopic (exact) mass is 222 g/mol. The zero-order valence-electron chi connectivity index (χ0n) is 9.84. The molecule has 0 heterocycles. The fourth-order valence-electron chi connectivity index (χ4n) is 1.05. The van der Waals surface area contributed by atoms with Gasteiger partial charge in [0.2, 0.25) is 0 Å². The summed E-state index contributed by atoms with van der Waals surface area (Å²) in [7, 11) is 0. The van der Waals surface area contributed by atoms with E-state index in [1.807, 2.05) is 0 Å². The predicted octanol–water partition coefficient (Wildman–Crippen LogP) is 0.490. The minimum Gasteiger partial charge on any atom is -0.388 e. The minimum absolute atomic E-state index is 0.425. The van der Waals surface area contributed by atoms with Crippen molar-refractivity contribution in [2.24, 2.45) is 0 Å². The Labute approximate surface area is 91.0 Å². The molecule has 0 aliphatic heterocycles. The van der Waals surface area contributed by atoms with E-state index < -0.39 is 24.8 Å².